The number of carbonyl (C=O) groups excluding carboxylic acids is 1. The number of rotatable bonds is 12. The first kappa shape index (κ1) is 36.3. The van der Waals surface area contributed by atoms with Crippen LogP contribution in [0.15, 0.2) is 0 Å². The van der Waals surface area contributed by atoms with E-state index >= 15 is 0 Å². The number of hydrogen-bond acceptors (Lipinski definition) is 18. The summed E-state index contributed by atoms with van der Waals surface area (Å²) in [7, 11) is -5.22. The number of ether oxygens (including phenoxy) is 6. The lowest BCUT2D eigenvalue weighted by atomic mass is 9.95. The molecule has 0 saturated carbocycles. The van der Waals surface area contributed by atoms with Gasteiger partial charge < -0.3 is 75.2 Å². The maximum Gasteiger partial charge on any atom is 0.397 e. The zero-order valence-electron chi connectivity index (χ0n) is 23.1. The van der Waals surface area contributed by atoms with Crippen molar-refractivity contribution in [3.63, 3.8) is 0 Å². The van der Waals surface area contributed by atoms with Crippen LogP contribution in [-0.4, -0.2) is 173 Å². The van der Waals surface area contributed by atoms with Gasteiger partial charge in [-0.25, -0.2) is 4.18 Å². The molecule has 0 unspecified atom stereocenters. The summed E-state index contributed by atoms with van der Waals surface area (Å²) in [6, 6.07) is -1.22. The number of hydrogen-bond donors (Lipinski definition) is 10. The van der Waals surface area contributed by atoms with Crippen molar-refractivity contribution >= 4 is 16.3 Å². The van der Waals surface area contributed by atoms with Crippen molar-refractivity contribution in [2.75, 3.05) is 26.4 Å². The lowest BCUT2D eigenvalue weighted by Gasteiger charge is -2.48. The fraction of sp³-hybridized carbons (Fsp3) is 0.955. The predicted molar refractivity (Wildman–Crippen MR) is 135 cm³/mol. The first-order valence-corrected chi connectivity index (χ1v) is 14.6. The highest BCUT2D eigenvalue weighted by Crippen LogP contribution is 2.33. The van der Waals surface area contributed by atoms with E-state index < -0.39 is 122 Å². The molecule has 21 heteroatoms. The lowest BCUT2D eigenvalue weighted by Crippen LogP contribution is -2.68. The number of aliphatic hydroxyl groups is 7. The Labute approximate surface area is 246 Å². The molecular weight excluding hydrogens is 612 g/mol. The smallest absolute Gasteiger partial charge is 0.394 e. The summed E-state index contributed by atoms with van der Waals surface area (Å²) in [6.45, 7) is 0.937. The molecule has 43 heavy (non-hydrogen) atoms. The fourth-order valence-corrected chi connectivity index (χ4v) is 5.46. The van der Waals surface area contributed by atoms with E-state index in [2.05, 4.69) is 9.50 Å². The minimum Gasteiger partial charge on any atom is -0.394 e. The molecule has 0 aromatic carbocycles. The molecule has 1 amide bonds. The summed E-state index contributed by atoms with van der Waals surface area (Å²) in [5.41, 5.74) is 5.45. The van der Waals surface area contributed by atoms with Crippen molar-refractivity contribution in [3.05, 3.63) is 0 Å². The van der Waals surface area contributed by atoms with Gasteiger partial charge in [0.2, 0.25) is 5.91 Å². The summed E-state index contributed by atoms with van der Waals surface area (Å²) in [6.07, 6.45) is -23.5. The molecule has 3 fully saturated rings. The molecule has 20 nitrogen and oxygen atoms in total. The van der Waals surface area contributed by atoms with Crippen LogP contribution in [-0.2, 0) is 47.8 Å². The predicted octanol–water partition coefficient (Wildman–Crippen LogP) is -6.59. The van der Waals surface area contributed by atoms with E-state index in [1.165, 1.54) is 13.8 Å². The van der Waals surface area contributed by atoms with Gasteiger partial charge in [-0.05, 0) is 6.92 Å². The largest absolute Gasteiger partial charge is 0.397 e. The molecule has 15 atom stereocenters. The van der Waals surface area contributed by atoms with Crippen molar-refractivity contribution in [3.8, 4) is 0 Å². The summed E-state index contributed by atoms with van der Waals surface area (Å²) >= 11 is 0. The van der Waals surface area contributed by atoms with Gasteiger partial charge in [-0.1, -0.05) is 0 Å². The Hall–Kier alpha value is -1.22. The third kappa shape index (κ3) is 8.74. The van der Waals surface area contributed by atoms with E-state index in [4.69, 9.17) is 38.7 Å². The van der Waals surface area contributed by atoms with E-state index in [-0.39, 0.29) is 13.2 Å². The van der Waals surface area contributed by atoms with Crippen LogP contribution in [0, 0.1) is 0 Å². The monoisotopic (exact) mass is 652 g/mol. The number of carbonyl (C=O) groups is 1. The third-order valence-electron chi connectivity index (χ3n) is 7.04. The average Bonchev–Trinajstić information content (AvgIpc) is 2.93. The molecule has 0 aromatic heterocycles. The Kier molecular flexibility index (Phi) is 13.0. The molecule has 0 aromatic rings. The van der Waals surface area contributed by atoms with Crippen LogP contribution < -0.4 is 11.1 Å². The maximum absolute atomic E-state index is 11.8. The Morgan fingerprint density at radius 1 is 0.814 bits per heavy atom. The molecule has 3 aliphatic heterocycles. The van der Waals surface area contributed by atoms with E-state index in [0.29, 0.717) is 0 Å². The SMILES string of the molecule is CC(=O)N[C@H]1[C@H](OCCN)O[C@H](CO)[C@@H](O[C@@H]2O[C@H](C)[C@H](O)[C@H](O[C@H]3O[C@H](CO)[C@H](O)[C@H](OS(=O)(=O)O)[C@H]3O)[C@H]2O)[C@@H]1O. The molecule has 0 spiro atoms. The molecular formula is C22H40N2O18S. The summed E-state index contributed by atoms with van der Waals surface area (Å²) in [5, 5.41) is 75.7. The van der Waals surface area contributed by atoms with Gasteiger partial charge in [-0.2, -0.15) is 8.42 Å². The Bertz CT molecular complexity index is 1010. The average molecular weight is 653 g/mol. The summed E-state index contributed by atoms with van der Waals surface area (Å²) in [4.78, 5) is 11.8. The van der Waals surface area contributed by atoms with Crippen LogP contribution in [0.3, 0.4) is 0 Å². The maximum atomic E-state index is 11.8. The molecule has 0 bridgehead atoms. The van der Waals surface area contributed by atoms with Crippen LogP contribution in [0.1, 0.15) is 13.8 Å². The summed E-state index contributed by atoms with van der Waals surface area (Å²) < 4.78 is 69.2. The minimum absolute atomic E-state index is 0.0184. The molecule has 3 rings (SSSR count). The minimum atomic E-state index is -5.22. The molecule has 3 saturated heterocycles. The quantitative estimate of drug-likeness (QED) is 0.0876. The third-order valence-corrected chi connectivity index (χ3v) is 7.51. The number of aliphatic hydroxyl groups excluding tert-OH is 7. The van der Waals surface area contributed by atoms with Crippen LogP contribution in [0.4, 0.5) is 0 Å². The Morgan fingerprint density at radius 2 is 1.37 bits per heavy atom. The van der Waals surface area contributed by atoms with Gasteiger partial charge in [0.15, 0.2) is 18.9 Å². The normalized spacial score (nSPS) is 44.2. The molecule has 0 aliphatic carbocycles. The standard InChI is InChI=1S/C22H40N2O18S/c1-7-12(28)18(41-22-16(32)19(42-43(33,34)35)13(29)9(5-25)38-22)15(31)21(37-7)40-17-10(6-26)39-20(36-4-3-23)11(14(17)30)24-8(2)27/h7,9-22,25-26,28-32H,3-6,23H2,1-2H3,(H,24,27)(H,33,34,35)/t7-,9-,10-,11-,12+,13+,14-,15-,16-,17-,18+,19+,20-,21+,22-/m1/s1. The van der Waals surface area contributed by atoms with Gasteiger partial charge in [0.05, 0.1) is 25.9 Å². The van der Waals surface area contributed by atoms with Crippen LogP contribution >= 0.6 is 0 Å². The summed E-state index contributed by atoms with van der Waals surface area (Å²) in [5.74, 6) is -0.567. The topological polar surface area (TPSA) is 316 Å². The van der Waals surface area contributed by atoms with E-state index in [0.717, 1.165) is 0 Å². The van der Waals surface area contributed by atoms with Gasteiger partial charge in [0, 0.05) is 13.5 Å². The number of amides is 1. The Morgan fingerprint density at radius 3 is 1.93 bits per heavy atom. The zero-order valence-corrected chi connectivity index (χ0v) is 24.0. The molecule has 0 radical (unpaired) electrons. The fourth-order valence-electron chi connectivity index (χ4n) is 4.95. The van der Waals surface area contributed by atoms with Crippen molar-refractivity contribution in [2.24, 2.45) is 5.73 Å². The first-order valence-electron chi connectivity index (χ1n) is 13.3. The van der Waals surface area contributed by atoms with Crippen LogP contribution in [0.25, 0.3) is 0 Å². The van der Waals surface area contributed by atoms with Crippen molar-refractivity contribution < 1.29 is 86.1 Å². The zero-order chi connectivity index (χ0) is 32.2. The van der Waals surface area contributed by atoms with Crippen molar-refractivity contribution in [2.45, 2.75) is 106 Å². The highest BCUT2D eigenvalue weighted by atomic mass is 32.3. The van der Waals surface area contributed by atoms with E-state index in [9.17, 15) is 49.0 Å². The molecule has 11 N–H and O–H groups in total. The van der Waals surface area contributed by atoms with Gasteiger partial charge in [-0.3, -0.25) is 9.35 Å². The van der Waals surface area contributed by atoms with E-state index in [1.54, 1.807) is 0 Å². The lowest BCUT2D eigenvalue weighted by molar-refractivity contribution is -0.372. The molecule has 3 heterocycles. The van der Waals surface area contributed by atoms with Crippen LogP contribution in [0.2, 0.25) is 0 Å². The van der Waals surface area contributed by atoms with Gasteiger partial charge in [0.1, 0.15) is 67.1 Å². The highest BCUT2D eigenvalue weighted by molar-refractivity contribution is 7.80. The highest BCUT2D eigenvalue weighted by Gasteiger charge is 2.54. The van der Waals surface area contributed by atoms with Crippen molar-refractivity contribution in [1.82, 2.24) is 5.32 Å². The Balaban J connectivity index is 1.82. The van der Waals surface area contributed by atoms with Crippen molar-refractivity contribution in [1.29, 1.82) is 0 Å². The molecule has 3 aliphatic rings. The first-order chi connectivity index (χ1) is 20.1. The van der Waals surface area contributed by atoms with Gasteiger partial charge in [0.25, 0.3) is 0 Å². The second-order valence-electron chi connectivity index (χ2n) is 10.2. The van der Waals surface area contributed by atoms with Crippen LogP contribution in [0.5, 0.6) is 0 Å². The van der Waals surface area contributed by atoms with Gasteiger partial charge in [-0.15, -0.1) is 0 Å². The number of nitrogens with two attached hydrogens (primary N) is 1. The second-order valence-corrected chi connectivity index (χ2v) is 11.2. The second kappa shape index (κ2) is 15.4. The van der Waals surface area contributed by atoms with E-state index in [1.807, 2.05) is 0 Å². The molecule has 252 valence electrons. The van der Waals surface area contributed by atoms with Gasteiger partial charge >= 0.3 is 10.4 Å². The number of nitrogens with one attached hydrogen (secondary N) is 1.